The molecule has 0 amide bonds. The number of rotatable bonds is 27. The molecule has 6 heteroatoms. The van der Waals surface area contributed by atoms with E-state index in [4.69, 9.17) is 18.9 Å². The van der Waals surface area contributed by atoms with Crippen molar-refractivity contribution >= 4 is 5.97 Å². The van der Waals surface area contributed by atoms with Crippen LogP contribution in [0.3, 0.4) is 0 Å². The summed E-state index contributed by atoms with van der Waals surface area (Å²) in [5.41, 5.74) is 0. The Morgan fingerprint density at radius 3 is 1.68 bits per heavy atom. The van der Waals surface area contributed by atoms with Gasteiger partial charge >= 0.3 is 11.8 Å². The van der Waals surface area contributed by atoms with Crippen molar-refractivity contribution in [2.75, 3.05) is 33.0 Å². The second-order valence-electron chi connectivity index (χ2n) is 9.83. The fraction of sp³-hybridized carbons (Fsp3) is 0.774. The molecule has 0 aliphatic carbocycles. The van der Waals surface area contributed by atoms with E-state index in [2.05, 4.69) is 6.92 Å². The Morgan fingerprint density at radius 2 is 1.16 bits per heavy atom. The Balaban J connectivity index is 2.28. The number of carbonyl (C=O) groups is 1. The Morgan fingerprint density at radius 1 is 0.676 bits per heavy atom. The maximum atomic E-state index is 12.3. The molecule has 0 aliphatic heterocycles. The van der Waals surface area contributed by atoms with E-state index in [0.29, 0.717) is 38.6 Å². The van der Waals surface area contributed by atoms with Gasteiger partial charge in [-0.25, -0.2) is 4.79 Å². The maximum absolute atomic E-state index is 12.3. The lowest BCUT2D eigenvalue weighted by Crippen LogP contribution is -2.48. The summed E-state index contributed by atoms with van der Waals surface area (Å²) in [6.45, 7) is 6.25. The second-order valence-corrected chi connectivity index (χ2v) is 9.83. The van der Waals surface area contributed by atoms with Gasteiger partial charge in [-0.1, -0.05) is 115 Å². The van der Waals surface area contributed by atoms with Gasteiger partial charge in [0.25, 0.3) is 0 Å². The first-order valence-electron chi connectivity index (χ1n) is 14.9. The van der Waals surface area contributed by atoms with Crippen molar-refractivity contribution in [2.24, 2.45) is 0 Å². The fourth-order valence-electron chi connectivity index (χ4n) is 4.40. The lowest BCUT2D eigenvalue weighted by atomic mass is 10.0. The topological polar surface area (TPSA) is 74.2 Å². The van der Waals surface area contributed by atoms with E-state index in [-0.39, 0.29) is 6.61 Å². The quantitative estimate of drug-likeness (QED) is 0.0927. The molecule has 1 aromatic carbocycles. The highest BCUT2D eigenvalue weighted by Crippen LogP contribution is 2.26. The van der Waals surface area contributed by atoms with Gasteiger partial charge in [0.05, 0.1) is 26.4 Å². The summed E-state index contributed by atoms with van der Waals surface area (Å²) >= 11 is 0. The standard InChI is InChI=1S/C31H54O6/c1-3-5-6-7-8-9-10-11-12-13-14-15-16-17-21-24-31(30(32)33,37-29-22-19-18-20-23-29)36-28-27-35-26-25-34-4-2/h18-20,22-23H,3-17,21,24-28H2,1-2H3,(H,32,33). The smallest absolute Gasteiger partial charge is 0.377 e. The Labute approximate surface area is 226 Å². The predicted octanol–water partition coefficient (Wildman–Crippen LogP) is 8.18. The highest BCUT2D eigenvalue weighted by atomic mass is 16.7. The highest BCUT2D eigenvalue weighted by Gasteiger charge is 2.42. The number of carboxylic acid groups (broad SMARTS) is 1. The average Bonchev–Trinajstić information content (AvgIpc) is 2.90. The van der Waals surface area contributed by atoms with Crippen molar-refractivity contribution in [3.05, 3.63) is 30.3 Å². The van der Waals surface area contributed by atoms with Crippen molar-refractivity contribution in [1.82, 2.24) is 0 Å². The predicted molar refractivity (Wildman–Crippen MR) is 150 cm³/mol. The number of hydrogen-bond acceptors (Lipinski definition) is 5. The van der Waals surface area contributed by atoms with Gasteiger partial charge in [-0.3, -0.25) is 0 Å². The minimum atomic E-state index is -1.71. The van der Waals surface area contributed by atoms with Crippen molar-refractivity contribution in [3.63, 3.8) is 0 Å². The largest absolute Gasteiger partial charge is 0.476 e. The highest BCUT2D eigenvalue weighted by molar-refractivity contribution is 5.76. The zero-order valence-electron chi connectivity index (χ0n) is 23.7. The van der Waals surface area contributed by atoms with Gasteiger partial charge in [0.1, 0.15) is 5.75 Å². The fourth-order valence-corrected chi connectivity index (χ4v) is 4.40. The summed E-state index contributed by atoms with van der Waals surface area (Å²) in [5.74, 6) is -2.32. The molecule has 0 aliphatic rings. The molecular weight excluding hydrogens is 468 g/mol. The molecule has 1 aromatic rings. The van der Waals surface area contributed by atoms with Crippen LogP contribution in [0.25, 0.3) is 0 Å². The molecule has 0 saturated carbocycles. The van der Waals surface area contributed by atoms with Crippen molar-refractivity contribution < 1.29 is 28.8 Å². The van der Waals surface area contributed by atoms with Gasteiger partial charge in [-0.05, 0) is 25.5 Å². The molecule has 214 valence electrons. The van der Waals surface area contributed by atoms with Crippen LogP contribution in [0.15, 0.2) is 30.3 Å². The molecule has 0 aromatic heterocycles. The molecule has 6 nitrogen and oxygen atoms in total. The van der Waals surface area contributed by atoms with E-state index in [1.807, 2.05) is 25.1 Å². The van der Waals surface area contributed by atoms with E-state index in [1.54, 1.807) is 12.1 Å². The zero-order chi connectivity index (χ0) is 26.9. The van der Waals surface area contributed by atoms with Crippen LogP contribution in [0.2, 0.25) is 0 Å². The van der Waals surface area contributed by atoms with Gasteiger partial charge in [-0.2, -0.15) is 0 Å². The molecule has 0 spiro atoms. The molecule has 0 radical (unpaired) electrons. The lowest BCUT2D eigenvalue weighted by Gasteiger charge is -2.30. The van der Waals surface area contributed by atoms with Gasteiger partial charge in [0, 0.05) is 13.0 Å². The third kappa shape index (κ3) is 17.5. The van der Waals surface area contributed by atoms with Gasteiger partial charge in [0.2, 0.25) is 0 Å². The molecule has 37 heavy (non-hydrogen) atoms. The second kappa shape index (κ2) is 23.5. The number of para-hydroxylation sites is 1. The molecule has 1 unspecified atom stereocenters. The Kier molecular flexibility index (Phi) is 21.2. The molecule has 0 heterocycles. The van der Waals surface area contributed by atoms with E-state index in [0.717, 1.165) is 19.3 Å². The summed E-state index contributed by atoms with van der Waals surface area (Å²) in [5, 5.41) is 10.1. The van der Waals surface area contributed by atoms with Crippen molar-refractivity contribution in [2.45, 2.75) is 122 Å². The minimum Gasteiger partial charge on any atom is -0.476 e. The number of hydrogen-bond donors (Lipinski definition) is 1. The van der Waals surface area contributed by atoms with Crippen LogP contribution in [-0.2, 0) is 19.0 Å². The maximum Gasteiger partial charge on any atom is 0.377 e. The molecule has 0 fully saturated rings. The number of unbranched alkanes of at least 4 members (excludes halogenated alkanes) is 14. The van der Waals surface area contributed by atoms with Crippen LogP contribution in [0.5, 0.6) is 5.75 Å². The van der Waals surface area contributed by atoms with Crippen LogP contribution in [0, 0.1) is 0 Å². The van der Waals surface area contributed by atoms with E-state index in [1.165, 1.54) is 77.0 Å². The summed E-state index contributed by atoms with van der Waals surface area (Å²) in [6.07, 6.45) is 19.3. The van der Waals surface area contributed by atoms with Crippen LogP contribution in [-0.4, -0.2) is 49.9 Å². The zero-order valence-corrected chi connectivity index (χ0v) is 23.7. The van der Waals surface area contributed by atoms with Gasteiger partial charge in [0.15, 0.2) is 0 Å². The van der Waals surface area contributed by atoms with Gasteiger partial charge < -0.3 is 24.1 Å². The Hall–Kier alpha value is -1.63. The van der Waals surface area contributed by atoms with E-state index < -0.39 is 11.8 Å². The minimum absolute atomic E-state index is 0.143. The van der Waals surface area contributed by atoms with Crippen LogP contribution in [0.1, 0.15) is 117 Å². The van der Waals surface area contributed by atoms with Crippen molar-refractivity contribution in [3.8, 4) is 5.75 Å². The molecule has 1 atom stereocenters. The van der Waals surface area contributed by atoms with Crippen LogP contribution in [0.4, 0.5) is 0 Å². The third-order valence-corrected chi connectivity index (χ3v) is 6.60. The van der Waals surface area contributed by atoms with Crippen LogP contribution >= 0.6 is 0 Å². The summed E-state index contributed by atoms with van der Waals surface area (Å²) in [4.78, 5) is 12.3. The number of benzene rings is 1. The first kappa shape index (κ1) is 33.4. The van der Waals surface area contributed by atoms with Crippen molar-refractivity contribution in [1.29, 1.82) is 0 Å². The van der Waals surface area contributed by atoms with E-state index in [9.17, 15) is 9.90 Å². The molecule has 0 bridgehead atoms. The monoisotopic (exact) mass is 522 g/mol. The third-order valence-electron chi connectivity index (χ3n) is 6.60. The lowest BCUT2D eigenvalue weighted by molar-refractivity contribution is -0.218. The molecular formula is C31H54O6. The first-order valence-corrected chi connectivity index (χ1v) is 14.9. The molecule has 1 rings (SSSR count). The Bertz CT molecular complexity index is 638. The SMILES string of the molecule is CCCCCCCCCCCCCCCCCC(OCCOCCOCC)(Oc1ccccc1)C(=O)O. The number of carboxylic acids is 1. The molecule has 1 N–H and O–H groups in total. The summed E-state index contributed by atoms with van der Waals surface area (Å²) in [7, 11) is 0. The van der Waals surface area contributed by atoms with Gasteiger partial charge in [-0.15, -0.1) is 0 Å². The number of ether oxygens (including phenoxy) is 4. The summed E-state index contributed by atoms with van der Waals surface area (Å²) < 4.78 is 22.5. The molecule has 0 saturated heterocycles. The van der Waals surface area contributed by atoms with E-state index >= 15 is 0 Å². The summed E-state index contributed by atoms with van der Waals surface area (Å²) in [6, 6.07) is 9.04. The first-order chi connectivity index (χ1) is 18.1. The number of aliphatic carboxylic acids is 1. The average molecular weight is 523 g/mol. The normalized spacial score (nSPS) is 12.9. The van der Waals surface area contributed by atoms with Crippen LogP contribution < -0.4 is 4.74 Å².